The summed E-state index contributed by atoms with van der Waals surface area (Å²) in [4.78, 5) is 7.11. The molecule has 0 bridgehead atoms. The van der Waals surface area contributed by atoms with E-state index < -0.39 is 0 Å². The molecule has 0 saturated carbocycles. The number of fused-ring (bicyclic) bond motifs is 3. The third-order valence-corrected chi connectivity index (χ3v) is 4.34. The normalized spacial score (nSPS) is 37.2. The summed E-state index contributed by atoms with van der Waals surface area (Å²) in [5.41, 5.74) is 2.74. The number of nitrogens with zero attached hydrogens (tertiary/aromatic N) is 2. The largest absolute Gasteiger partial charge is 0.349 e. The molecule has 0 N–H and O–H groups in total. The maximum Gasteiger partial charge on any atom is 0.132 e. The van der Waals surface area contributed by atoms with Gasteiger partial charge in [-0.15, -0.1) is 0 Å². The Kier molecular flexibility index (Phi) is 1.68. The summed E-state index contributed by atoms with van der Waals surface area (Å²) < 4.78 is 0. The van der Waals surface area contributed by atoms with Crippen LogP contribution in [0, 0.1) is 12.8 Å². The summed E-state index contributed by atoms with van der Waals surface area (Å²) in [5, 5.41) is 0. The number of rotatable bonds is 0. The molecule has 2 aliphatic rings. The van der Waals surface area contributed by atoms with Crippen LogP contribution in [0.3, 0.4) is 0 Å². The van der Waals surface area contributed by atoms with Crippen molar-refractivity contribution in [2.45, 2.75) is 45.7 Å². The van der Waals surface area contributed by atoms with E-state index in [0.717, 1.165) is 5.92 Å². The quantitative estimate of drug-likeness (QED) is 0.643. The lowest BCUT2D eigenvalue weighted by molar-refractivity contribution is 0.228. The lowest BCUT2D eigenvalue weighted by Gasteiger charge is -2.51. The van der Waals surface area contributed by atoms with Crippen LogP contribution < -0.4 is 4.90 Å². The number of hydrogen-bond acceptors (Lipinski definition) is 2. The first kappa shape index (κ1) is 9.20. The Morgan fingerprint density at radius 2 is 2.00 bits per heavy atom. The van der Waals surface area contributed by atoms with Gasteiger partial charge < -0.3 is 4.90 Å². The second kappa shape index (κ2) is 2.75. The van der Waals surface area contributed by atoms with Gasteiger partial charge in [-0.3, -0.25) is 0 Å². The molecule has 4 atom stereocenters. The maximum atomic E-state index is 4.60. The van der Waals surface area contributed by atoms with Crippen LogP contribution in [-0.2, 0) is 0 Å². The molecule has 2 heteroatoms. The monoisotopic (exact) mass is 202 g/mol. The number of hydrogen-bond donors (Lipinski definition) is 0. The van der Waals surface area contributed by atoms with Crippen LogP contribution in [0.2, 0.25) is 0 Å². The van der Waals surface area contributed by atoms with E-state index >= 15 is 0 Å². The lowest BCUT2D eigenvalue weighted by Crippen LogP contribution is -2.61. The zero-order chi connectivity index (χ0) is 10.7. The molecule has 15 heavy (non-hydrogen) atoms. The second-order valence-electron chi connectivity index (χ2n) is 5.21. The van der Waals surface area contributed by atoms with Crippen molar-refractivity contribution < 1.29 is 0 Å². The van der Waals surface area contributed by atoms with Crippen molar-refractivity contribution >= 4 is 5.82 Å². The van der Waals surface area contributed by atoms with Gasteiger partial charge >= 0.3 is 0 Å². The molecule has 2 aliphatic heterocycles. The zero-order valence-electron chi connectivity index (χ0n) is 9.86. The molecule has 0 spiro atoms. The fraction of sp³-hybridized carbons (Fsp3) is 0.615. The SMILES string of the molecule is Cc1cnc2c(c1)C(C)C1C(C)C(C)N21. The van der Waals surface area contributed by atoms with E-state index in [-0.39, 0.29) is 0 Å². The molecule has 0 radical (unpaired) electrons. The number of anilines is 1. The Balaban J connectivity index is 2.10. The van der Waals surface area contributed by atoms with Crippen LogP contribution in [0.5, 0.6) is 0 Å². The van der Waals surface area contributed by atoms with Crippen molar-refractivity contribution in [2.75, 3.05) is 4.90 Å². The molecule has 1 fully saturated rings. The zero-order valence-corrected chi connectivity index (χ0v) is 9.86. The molecular formula is C13H18N2. The van der Waals surface area contributed by atoms with Crippen LogP contribution in [0.1, 0.15) is 37.8 Å². The van der Waals surface area contributed by atoms with Gasteiger partial charge in [0, 0.05) is 24.2 Å². The molecule has 0 aromatic carbocycles. The van der Waals surface area contributed by atoms with Crippen LogP contribution in [0.15, 0.2) is 12.3 Å². The molecule has 2 nitrogen and oxygen atoms in total. The van der Waals surface area contributed by atoms with Crippen molar-refractivity contribution in [2.24, 2.45) is 5.92 Å². The van der Waals surface area contributed by atoms with Crippen molar-refractivity contribution in [3.05, 3.63) is 23.4 Å². The molecule has 3 heterocycles. The van der Waals surface area contributed by atoms with Crippen LogP contribution in [0.25, 0.3) is 0 Å². The predicted octanol–water partition coefficient (Wildman–Crippen LogP) is 2.72. The smallest absolute Gasteiger partial charge is 0.132 e. The van der Waals surface area contributed by atoms with Crippen molar-refractivity contribution in [1.29, 1.82) is 0 Å². The first-order valence-corrected chi connectivity index (χ1v) is 5.86. The third-order valence-electron chi connectivity index (χ3n) is 4.34. The van der Waals surface area contributed by atoms with E-state index in [4.69, 9.17) is 0 Å². The second-order valence-corrected chi connectivity index (χ2v) is 5.21. The Labute approximate surface area is 91.3 Å². The Morgan fingerprint density at radius 1 is 1.27 bits per heavy atom. The van der Waals surface area contributed by atoms with E-state index in [9.17, 15) is 0 Å². The highest BCUT2D eigenvalue weighted by atomic mass is 15.3. The first-order valence-electron chi connectivity index (χ1n) is 5.86. The molecule has 1 saturated heterocycles. The van der Waals surface area contributed by atoms with E-state index in [2.05, 4.69) is 43.6 Å². The molecule has 1 aromatic rings. The van der Waals surface area contributed by atoms with Crippen LogP contribution >= 0.6 is 0 Å². The van der Waals surface area contributed by atoms with Gasteiger partial charge in [-0.25, -0.2) is 4.98 Å². The van der Waals surface area contributed by atoms with Gasteiger partial charge in [0.1, 0.15) is 5.82 Å². The molecule has 0 amide bonds. The standard InChI is InChI=1S/C13H18N2/c1-7-5-11-9(3)12-8(2)10(4)15(12)13(11)14-6-7/h5-6,8-10,12H,1-4H3. The van der Waals surface area contributed by atoms with Crippen molar-refractivity contribution in [1.82, 2.24) is 4.98 Å². The minimum Gasteiger partial charge on any atom is -0.349 e. The van der Waals surface area contributed by atoms with Gasteiger partial charge in [-0.2, -0.15) is 0 Å². The van der Waals surface area contributed by atoms with Gasteiger partial charge in [0.25, 0.3) is 0 Å². The Hall–Kier alpha value is -1.05. The van der Waals surface area contributed by atoms with Gasteiger partial charge in [0.15, 0.2) is 0 Å². The highest BCUT2D eigenvalue weighted by Gasteiger charge is 2.52. The van der Waals surface area contributed by atoms with E-state index in [1.165, 1.54) is 16.9 Å². The summed E-state index contributed by atoms with van der Waals surface area (Å²) in [6.45, 7) is 9.14. The van der Waals surface area contributed by atoms with Gasteiger partial charge in [-0.05, 0) is 30.9 Å². The fourth-order valence-electron chi connectivity index (χ4n) is 3.31. The van der Waals surface area contributed by atoms with Crippen molar-refractivity contribution in [3.8, 4) is 0 Å². The van der Waals surface area contributed by atoms with Gasteiger partial charge in [-0.1, -0.05) is 19.9 Å². The topological polar surface area (TPSA) is 16.1 Å². The molecule has 3 rings (SSSR count). The van der Waals surface area contributed by atoms with Gasteiger partial charge in [0.05, 0.1) is 0 Å². The lowest BCUT2D eigenvalue weighted by atomic mass is 9.78. The highest BCUT2D eigenvalue weighted by Crippen LogP contribution is 2.51. The third kappa shape index (κ3) is 0.973. The highest BCUT2D eigenvalue weighted by molar-refractivity contribution is 5.61. The van der Waals surface area contributed by atoms with E-state index in [1.807, 2.05) is 6.20 Å². The molecule has 4 unspecified atom stereocenters. The summed E-state index contributed by atoms with van der Waals surface area (Å²) in [6.07, 6.45) is 1.99. The number of aryl methyl sites for hydroxylation is 1. The summed E-state index contributed by atoms with van der Waals surface area (Å²) in [7, 11) is 0. The van der Waals surface area contributed by atoms with E-state index in [1.54, 1.807) is 0 Å². The average molecular weight is 202 g/mol. The number of aromatic nitrogens is 1. The Bertz CT molecular complexity index is 413. The van der Waals surface area contributed by atoms with Gasteiger partial charge in [0.2, 0.25) is 0 Å². The fourth-order valence-corrected chi connectivity index (χ4v) is 3.31. The molecule has 80 valence electrons. The number of pyridine rings is 1. The van der Waals surface area contributed by atoms with E-state index in [0.29, 0.717) is 18.0 Å². The minimum atomic E-state index is 0.651. The van der Waals surface area contributed by atoms with Crippen LogP contribution in [0.4, 0.5) is 5.82 Å². The summed E-state index contributed by atoms with van der Waals surface area (Å²) in [6, 6.07) is 3.67. The summed E-state index contributed by atoms with van der Waals surface area (Å²) >= 11 is 0. The average Bonchev–Trinajstić information content (AvgIpc) is 2.49. The van der Waals surface area contributed by atoms with Crippen LogP contribution in [-0.4, -0.2) is 17.1 Å². The summed E-state index contributed by atoms with van der Waals surface area (Å²) in [5.74, 6) is 2.69. The molecule has 1 aromatic heterocycles. The first-order chi connectivity index (χ1) is 7.11. The maximum absolute atomic E-state index is 4.60. The Morgan fingerprint density at radius 3 is 2.73 bits per heavy atom. The minimum absolute atomic E-state index is 0.651. The molecule has 0 aliphatic carbocycles. The predicted molar refractivity (Wildman–Crippen MR) is 62.3 cm³/mol. The van der Waals surface area contributed by atoms with Crippen molar-refractivity contribution in [3.63, 3.8) is 0 Å². The molecular weight excluding hydrogens is 184 g/mol.